The lowest BCUT2D eigenvalue weighted by atomic mass is 10.2. The molecule has 20 heavy (non-hydrogen) atoms. The molecule has 0 bridgehead atoms. The number of halogens is 1. The molecule has 7 heteroatoms. The summed E-state index contributed by atoms with van der Waals surface area (Å²) in [5.41, 5.74) is 0.489. The maximum absolute atomic E-state index is 13.2. The van der Waals surface area contributed by atoms with Gasteiger partial charge < -0.3 is 9.47 Å². The number of nitrogens with one attached hydrogen (secondary N) is 1. The highest BCUT2D eigenvalue weighted by Crippen LogP contribution is 2.22. The topological polar surface area (TPSA) is 64.6 Å². The fourth-order valence-corrected chi connectivity index (χ4v) is 3.33. The summed E-state index contributed by atoms with van der Waals surface area (Å²) >= 11 is 0. The Morgan fingerprint density at radius 3 is 2.75 bits per heavy atom. The molecular formula is C13H18FNO4S. The minimum absolute atomic E-state index is 0.0596. The molecule has 0 aromatic heterocycles. The molecule has 1 aromatic rings. The molecule has 1 aliphatic rings. The fourth-order valence-electron chi connectivity index (χ4n) is 2.01. The summed E-state index contributed by atoms with van der Waals surface area (Å²) in [6, 6.07) is 3.67. The van der Waals surface area contributed by atoms with Crippen molar-refractivity contribution in [1.82, 2.24) is 4.72 Å². The molecule has 1 aromatic carbocycles. The van der Waals surface area contributed by atoms with Gasteiger partial charge in [0.1, 0.15) is 5.82 Å². The lowest BCUT2D eigenvalue weighted by Crippen LogP contribution is -2.34. The van der Waals surface area contributed by atoms with E-state index in [-0.39, 0.29) is 17.5 Å². The van der Waals surface area contributed by atoms with E-state index in [1.165, 1.54) is 12.1 Å². The molecule has 0 aliphatic carbocycles. The first-order valence-electron chi connectivity index (χ1n) is 6.27. The zero-order chi connectivity index (χ0) is 15.0. The highest BCUT2D eigenvalue weighted by Gasteiger charge is 2.33. The molecule has 1 aliphatic heterocycles. The third-order valence-corrected chi connectivity index (χ3v) is 4.57. The van der Waals surface area contributed by atoms with Gasteiger partial charge in [-0.1, -0.05) is 6.07 Å². The van der Waals surface area contributed by atoms with E-state index in [0.717, 1.165) is 6.07 Å². The molecule has 1 unspecified atom stereocenters. The van der Waals surface area contributed by atoms with Crippen LogP contribution in [0.15, 0.2) is 23.1 Å². The van der Waals surface area contributed by atoms with Crippen molar-refractivity contribution in [3.05, 3.63) is 29.6 Å². The summed E-state index contributed by atoms with van der Waals surface area (Å²) in [5, 5.41) is 0. The second-order valence-corrected chi connectivity index (χ2v) is 6.95. The Morgan fingerprint density at radius 2 is 2.15 bits per heavy atom. The minimum Gasteiger partial charge on any atom is -0.348 e. The van der Waals surface area contributed by atoms with E-state index >= 15 is 0 Å². The Hall–Kier alpha value is -1.02. The zero-order valence-electron chi connectivity index (χ0n) is 11.6. The van der Waals surface area contributed by atoms with Crippen LogP contribution < -0.4 is 4.72 Å². The van der Waals surface area contributed by atoms with Crippen LogP contribution in [0.25, 0.3) is 0 Å². The van der Waals surface area contributed by atoms with Gasteiger partial charge in [-0.2, -0.15) is 0 Å². The maximum Gasteiger partial charge on any atom is 0.241 e. The predicted octanol–water partition coefficient (Wildman–Crippen LogP) is 1.56. The van der Waals surface area contributed by atoms with Gasteiger partial charge in [0.25, 0.3) is 0 Å². The maximum atomic E-state index is 13.2. The molecule has 1 atom stereocenters. The Kier molecular flexibility index (Phi) is 4.15. The lowest BCUT2D eigenvalue weighted by Gasteiger charge is -2.17. The largest absolute Gasteiger partial charge is 0.348 e. The van der Waals surface area contributed by atoms with Crippen molar-refractivity contribution in [2.45, 2.75) is 37.6 Å². The molecule has 1 saturated heterocycles. The van der Waals surface area contributed by atoms with Crippen LogP contribution in [-0.4, -0.2) is 33.5 Å². The lowest BCUT2D eigenvalue weighted by molar-refractivity contribution is -0.137. The quantitative estimate of drug-likeness (QED) is 0.917. The number of aryl methyl sites for hydroxylation is 1. The standard InChI is InChI=1S/C13H18FNO4S/c1-9-4-5-10(14)6-12(9)20(16,17)15-7-11-8-18-13(2,3)19-11/h4-6,11,15H,7-8H2,1-3H3. The van der Waals surface area contributed by atoms with Crippen molar-refractivity contribution in [2.75, 3.05) is 13.2 Å². The molecule has 112 valence electrons. The van der Waals surface area contributed by atoms with E-state index in [1.54, 1.807) is 20.8 Å². The summed E-state index contributed by atoms with van der Waals surface area (Å²) in [4.78, 5) is -0.0596. The second-order valence-electron chi connectivity index (χ2n) is 5.21. The molecule has 0 spiro atoms. The predicted molar refractivity (Wildman–Crippen MR) is 71.2 cm³/mol. The summed E-state index contributed by atoms with van der Waals surface area (Å²) in [5.74, 6) is -1.29. The zero-order valence-corrected chi connectivity index (χ0v) is 12.5. The van der Waals surface area contributed by atoms with E-state index in [1.807, 2.05) is 0 Å². The van der Waals surface area contributed by atoms with E-state index in [9.17, 15) is 12.8 Å². The number of hydrogen-bond donors (Lipinski definition) is 1. The van der Waals surface area contributed by atoms with Crippen LogP contribution in [0.4, 0.5) is 4.39 Å². The first-order chi connectivity index (χ1) is 9.20. The van der Waals surface area contributed by atoms with Crippen molar-refractivity contribution >= 4 is 10.0 Å². The summed E-state index contributed by atoms with van der Waals surface area (Å²) in [6.45, 7) is 5.54. The van der Waals surface area contributed by atoms with E-state index in [4.69, 9.17) is 9.47 Å². The van der Waals surface area contributed by atoms with E-state index in [2.05, 4.69) is 4.72 Å². The Bertz CT molecular complexity index is 600. The summed E-state index contributed by atoms with van der Waals surface area (Å²) < 4.78 is 50.8. The monoisotopic (exact) mass is 303 g/mol. The van der Waals surface area contributed by atoms with Gasteiger partial charge >= 0.3 is 0 Å². The number of hydrogen-bond acceptors (Lipinski definition) is 4. The van der Waals surface area contributed by atoms with Crippen LogP contribution in [0.2, 0.25) is 0 Å². The highest BCUT2D eigenvalue weighted by atomic mass is 32.2. The van der Waals surface area contributed by atoms with Crippen LogP contribution in [0.3, 0.4) is 0 Å². The van der Waals surface area contributed by atoms with Gasteiger partial charge in [-0.15, -0.1) is 0 Å². The Morgan fingerprint density at radius 1 is 1.45 bits per heavy atom. The smallest absolute Gasteiger partial charge is 0.241 e. The number of ether oxygens (including phenoxy) is 2. The second kappa shape index (κ2) is 5.40. The van der Waals surface area contributed by atoms with Crippen LogP contribution in [0, 0.1) is 12.7 Å². The molecule has 2 rings (SSSR count). The van der Waals surface area contributed by atoms with E-state index in [0.29, 0.717) is 12.2 Å². The van der Waals surface area contributed by atoms with E-state index < -0.39 is 21.6 Å². The number of sulfonamides is 1. The molecule has 1 fully saturated rings. The Balaban J connectivity index is 2.07. The molecular weight excluding hydrogens is 285 g/mol. The van der Waals surface area contributed by atoms with Gasteiger partial charge in [-0.05, 0) is 38.5 Å². The summed E-state index contributed by atoms with van der Waals surface area (Å²) in [7, 11) is -3.76. The fraction of sp³-hybridized carbons (Fsp3) is 0.538. The normalized spacial score (nSPS) is 22.1. The molecule has 1 heterocycles. The first-order valence-corrected chi connectivity index (χ1v) is 7.75. The number of rotatable bonds is 4. The molecule has 0 saturated carbocycles. The van der Waals surface area contributed by atoms with Gasteiger partial charge in [-0.3, -0.25) is 0 Å². The van der Waals surface area contributed by atoms with Crippen molar-refractivity contribution in [2.24, 2.45) is 0 Å². The number of benzene rings is 1. The highest BCUT2D eigenvalue weighted by molar-refractivity contribution is 7.89. The van der Waals surface area contributed by atoms with Crippen molar-refractivity contribution in [1.29, 1.82) is 0 Å². The third-order valence-electron chi connectivity index (χ3n) is 3.01. The van der Waals surface area contributed by atoms with Gasteiger partial charge in [0.2, 0.25) is 10.0 Å². The van der Waals surface area contributed by atoms with Crippen molar-refractivity contribution in [3.8, 4) is 0 Å². The van der Waals surface area contributed by atoms with Crippen LogP contribution in [0.1, 0.15) is 19.4 Å². The average Bonchev–Trinajstić information content (AvgIpc) is 2.70. The molecule has 5 nitrogen and oxygen atoms in total. The van der Waals surface area contributed by atoms with Crippen LogP contribution >= 0.6 is 0 Å². The molecule has 1 N–H and O–H groups in total. The molecule has 0 radical (unpaired) electrons. The van der Waals surface area contributed by atoms with Crippen molar-refractivity contribution < 1.29 is 22.3 Å². The van der Waals surface area contributed by atoms with Gasteiger partial charge in [0.05, 0.1) is 17.6 Å². The third kappa shape index (κ3) is 3.54. The van der Waals surface area contributed by atoms with Gasteiger partial charge in [0, 0.05) is 6.54 Å². The van der Waals surface area contributed by atoms with Crippen LogP contribution in [0.5, 0.6) is 0 Å². The molecule has 0 amide bonds. The minimum atomic E-state index is -3.76. The van der Waals surface area contributed by atoms with Gasteiger partial charge in [0.15, 0.2) is 5.79 Å². The van der Waals surface area contributed by atoms with Gasteiger partial charge in [-0.25, -0.2) is 17.5 Å². The SMILES string of the molecule is Cc1ccc(F)cc1S(=O)(=O)NCC1COC(C)(C)O1. The van der Waals surface area contributed by atoms with Crippen LogP contribution in [-0.2, 0) is 19.5 Å². The van der Waals surface area contributed by atoms with Crippen molar-refractivity contribution in [3.63, 3.8) is 0 Å². The summed E-state index contributed by atoms with van der Waals surface area (Å²) in [6.07, 6.45) is -0.353. The average molecular weight is 303 g/mol. The Labute approximate surface area is 118 Å². The first kappa shape index (κ1) is 15.4.